The van der Waals surface area contributed by atoms with Crippen molar-refractivity contribution in [2.75, 3.05) is 25.6 Å². The molecule has 0 atom stereocenters. The number of carbonyl (C=O) groups excluding carboxylic acids is 2. The van der Waals surface area contributed by atoms with Crippen LogP contribution in [0.5, 0.6) is 5.75 Å². The first kappa shape index (κ1) is 27.3. The highest BCUT2D eigenvalue weighted by Gasteiger charge is 2.52. The molecule has 0 heterocycles. The van der Waals surface area contributed by atoms with Gasteiger partial charge in [-0.05, 0) is 73.7 Å². The quantitative estimate of drug-likeness (QED) is 0.364. The van der Waals surface area contributed by atoms with Gasteiger partial charge in [-0.15, -0.1) is 0 Å². The number of methoxy groups -OCH3 is 1. The lowest BCUT2D eigenvalue weighted by Crippen LogP contribution is -2.37. The average molecular weight is 537 g/mol. The van der Waals surface area contributed by atoms with Crippen molar-refractivity contribution in [3.05, 3.63) is 89.5 Å². The first-order valence-corrected chi connectivity index (χ1v) is 13.9. The van der Waals surface area contributed by atoms with Crippen LogP contribution in [0.15, 0.2) is 77.7 Å². The molecule has 3 aromatic carbocycles. The molecule has 0 radical (unpaired) electrons. The zero-order valence-electron chi connectivity index (χ0n) is 21.8. The predicted octanol–water partition coefficient (Wildman–Crippen LogP) is 4.43. The number of anilines is 1. The molecule has 1 amide bonds. The molecule has 0 aliphatic heterocycles. The van der Waals surface area contributed by atoms with E-state index in [2.05, 4.69) is 5.32 Å². The van der Waals surface area contributed by atoms with Gasteiger partial charge in [-0.1, -0.05) is 42.5 Å². The third-order valence-electron chi connectivity index (χ3n) is 6.66. The number of nitrogens with one attached hydrogen (secondary N) is 1. The minimum atomic E-state index is -4.00. The van der Waals surface area contributed by atoms with Crippen LogP contribution in [-0.2, 0) is 36.3 Å². The van der Waals surface area contributed by atoms with Crippen LogP contribution in [0, 0.1) is 6.92 Å². The Balaban J connectivity index is 1.52. The molecule has 0 aromatic heterocycles. The monoisotopic (exact) mass is 536 g/mol. The molecule has 1 fully saturated rings. The summed E-state index contributed by atoms with van der Waals surface area (Å²) in [6, 6.07) is 20.8. The zero-order chi connectivity index (χ0) is 27.3. The minimum Gasteiger partial charge on any atom is -0.496 e. The van der Waals surface area contributed by atoms with Crippen molar-refractivity contribution in [1.29, 1.82) is 0 Å². The second-order valence-electron chi connectivity index (χ2n) is 9.32. The Morgan fingerprint density at radius 1 is 1.00 bits per heavy atom. The lowest BCUT2D eigenvalue weighted by molar-refractivity contribution is -0.146. The molecule has 3 aromatic rings. The summed E-state index contributed by atoms with van der Waals surface area (Å²) in [7, 11) is -2.48. The first-order valence-electron chi connectivity index (χ1n) is 12.5. The van der Waals surface area contributed by atoms with Crippen molar-refractivity contribution in [1.82, 2.24) is 4.31 Å². The Morgan fingerprint density at radius 3 is 2.26 bits per heavy atom. The standard InChI is InChI=1S/C29H32N2O6S/c1-4-37-28(33)29(16-17-29)23-10-12-24(13-11-23)30-27(32)20-31(19-22-8-6-5-7-9-22)38(34,35)25-14-15-26(36-3)21(2)18-25/h5-15,18H,4,16-17,19-20H2,1-3H3,(H,30,32). The summed E-state index contributed by atoms with van der Waals surface area (Å²) in [5.41, 5.74) is 2.18. The Morgan fingerprint density at radius 2 is 1.68 bits per heavy atom. The Bertz CT molecular complexity index is 1400. The molecule has 1 saturated carbocycles. The van der Waals surface area contributed by atoms with Gasteiger partial charge < -0.3 is 14.8 Å². The number of esters is 1. The molecule has 9 heteroatoms. The number of sulfonamides is 1. The predicted molar refractivity (Wildman–Crippen MR) is 144 cm³/mol. The van der Waals surface area contributed by atoms with Gasteiger partial charge in [0.25, 0.3) is 0 Å². The van der Waals surface area contributed by atoms with Crippen LogP contribution in [-0.4, -0.2) is 44.9 Å². The summed E-state index contributed by atoms with van der Waals surface area (Å²) in [5, 5.41) is 2.78. The summed E-state index contributed by atoms with van der Waals surface area (Å²) >= 11 is 0. The Kier molecular flexibility index (Phi) is 8.18. The summed E-state index contributed by atoms with van der Waals surface area (Å²) in [6.07, 6.45) is 1.46. The number of hydrogen-bond donors (Lipinski definition) is 1. The van der Waals surface area contributed by atoms with E-state index in [1.54, 1.807) is 50.2 Å². The van der Waals surface area contributed by atoms with Crippen molar-refractivity contribution in [2.45, 2.75) is 43.5 Å². The molecule has 8 nitrogen and oxygen atoms in total. The molecule has 38 heavy (non-hydrogen) atoms. The third-order valence-corrected chi connectivity index (χ3v) is 8.45. The van der Waals surface area contributed by atoms with Crippen LogP contribution in [0.1, 0.15) is 36.5 Å². The number of nitrogens with zero attached hydrogens (tertiary/aromatic N) is 1. The number of rotatable bonds is 11. The molecule has 0 spiro atoms. The molecule has 200 valence electrons. The van der Waals surface area contributed by atoms with Crippen LogP contribution >= 0.6 is 0 Å². The van der Waals surface area contributed by atoms with E-state index in [9.17, 15) is 18.0 Å². The molecule has 0 bridgehead atoms. The third kappa shape index (κ3) is 5.89. The van der Waals surface area contributed by atoms with Gasteiger partial charge in [-0.25, -0.2) is 8.42 Å². The smallest absolute Gasteiger partial charge is 0.316 e. The number of aryl methyl sites for hydroxylation is 1. The number of benzene rings is 3. The maximum Gasteiger partial charge on any atom is 0.316 e. The van der Waals surface area contributed by atoms with Crippen LogP contribution in [0.2, 0.25) is 0 Å². The topological polar surface area (TPSA) is 102 Å². The van der Waals surface area contributed by atoms with Crippen molar-refractivity contribution in [3.8, 4) is 5.75 Å². The van der Waals surface area contributed by atoms with Gasteiger partial charge in [0.15, 0.2) is 0 Å². The largest absolute Gasteiger partial charge is 0.496 e. The fraction of sp³-hybridized carbons (Fsp3) is 0.310. The molecular weight excluding hydrogens is 504 g/mol. The number of hydrogen-bond acceptors (Lipinski definition) is 6. The summed E-state index contributed by atoms with van der Waals surface area (Å²) in [4.78, 5) is 25.5. The highest BCUT2D eigenvalue weighted by molar-refractivity contribution is 7.89. The van der Waals surface area contributed by atoms with E-state index in [1.165, 1.54) is 13.2 Å². The molecule has 1 aliphatic rings. The van der Waals surface area contributed by atoms with Gasteiger partial charge in [-0.2, -0.15) is 4.31 Å². The van der Waals surface area contributed by atoms with Gasteiger partial charge in [0.2, 0.25) is 15.9 Å². The lowest BCUT2D eigenvalue weighted by Gasteiger charge is -2.22. The van der Waals surface area contributed by atoms with Crippen molar-refractivity contribution >= 4 is 27.6 Å². The number of ether oxygens (including phenoxy) is 2. The van der Waals surface area contributed by atoms with E-state index in [4.69, 9.17) is 9.47 Å². The maximum atomic E-state index is 13.6. The van der Waals surface area contributed by atoms with Crippen LogP contribution in [0.3, 0.4) is 0 Å². The lowest BCUT2D eigenvalue weighted by atomic mass is 9.96. The van der Waals surface area contributed by atoms with Gasteiger partial charge in [-0.3, -0.25) is 9.59 Å². The van der Waals surface area contributed by atoms with Gasteiger partial charge in [0, 0.05) is 12.2 Å². The first-order chi connectivity index (χ1) is 18.2. The van der Waals surface area contributed by atoms with Crippen molar-refractivity contribution in [3.63, 3.8) is 0 Å². The van der Waals surface area contributed by atoms with E-state index < -0.39 is 21.3 Å². The van der Waals surface area contributed by atoms with Crippen molar-refractivity contribution < 1.29 is 27.5 Å². The van der Waals surface area contributed by atoms with Gasteiger partial charge in [0.05, 0.1) is 30.6 Å². The second kappa shape index (κ2) is 11.4. The Hall–Kier alpha value is -3.69. The van der Waals surface area contributed by atoms with E-state index >= 15 is 0 Å². The van der Waals surface area contributed by atoms with E-state index in [-0.39, 0.29) is 24.0 Å². The van der Waals surface area contributed by atoms with E-state index in [1.807, 2.05) is 30.3 Å². The summed E-state index contributed by atoms with van der Waals surface area (Å²) in [6.45, 7) is 3.53. The molecule has 1 N–H and O–H groups in total. The molecule has 0 saturated heterocycles. The maximum absolute atomic E-state index is 13.6. The highest BCUT2D eigenvalue weighted by atomic mass is 32.2. The summed E-state index contributed by atoms with van der Waals surface area (Å²) in [5.74, 6) is -0.128. The minimum absolute atomic E-state index is 0.0304. The molecule has 1 aliphatic carbocycles. The number of amides is 1. The highest BCUT2D eigenvalue weighted by Crippen LogP contribution is 2.49. The van der Waals surface area contributed by atoms with E-state index in [0.29, 0.717) is 23.6 Å². The molecular formula is C29H32N2O6S. The van der Waals surface area contributed by atoms with Crippen LogP contribution in [0.25, 0.3) is 0 Å². The second-order valence-corrected chi connectivity index (χ2v) is 11.3. The Labute approximate surface area is 223 Å². The fourth-order valence-electron chi connectivity index (χ4n) is 4.41. The SMILES string of the molecule is CCOC(=O)C1(c2ccc(NC(=O)CN(Cc3ccccc3)S(=O)(=O)c3ccc(OC)c(C)c3)cc2)CC1. The normalized spacial score (nSPS) is 14.1. The van der Waals surface area contributed by atoms with Crippen LogP contribution in [0.4, 0.5) is 5.69 Å². The van der Waals surface area contributed by atoms with Crippen LogP contribution < -0.4 is 10.1 Å². The average Bonchev–Trinajstić information content (AvgIpc) is 3.72. The van der Waals surface area contributed by atoms with Gasteiger partial charge >= 0.3 is 5.97 Å². The zero-order valence-corrected chi connectivity index (χ0v) is 22.6. The molecule has 4 rings (SSSR count). The molecule has 0 unspecified atom stereocenters. The van der Waals surface area contributed by atoms with E-state index in [0.717, 1.165) is 28.3 Å². The van der Waals surface area contributed by atoms with Gasteiger partial charge in [0.1, 0.15) is 5.75 Å². The van der Waals surface area contributed by atoms with Crippen molar-refractivity contribution in [2.24, 2.45) is 0 Å². The number of carbonyl (C=O) groups is 2. The summed E-state index contributed by atoms with van der Waals surface area (Å²) < 4.78 is 38.9. The fourth-order valence-corrected chi connectivity index (χ4v) is 5.88.